The number of benzene rings is 1. The van der Waals surface area contributed by atoms with Crippen molar-refractivity contribution in [3.8, 4) is 0 Å². The third-order valence-electron chi connectivity index (χ3n) is 2.15. The molecule has 1 aromatic rings. The minimum Gasteiger partial charge on any atom is -0.384 e. The first-order valence-electron chi connectivity index (χ1n) is 4.85. The van der Waals surface area contributed by atoms with Gasteiger partial charge in [-0.25, -0.2) is 0 Å². The van der Waals surface area contributed by atoms with Gasteiger partial charge in [0.05, 0.1) is 0 Å². The van der Waals surface area contributed by atoms with Crippen molar-refractivity contribution >= 4 is 33.5 Å². The Morgan fingerprint density at radius 3 is 2.73 bits per heavy atom. The topological polar surface area (TPSA) is 49.9 Å². The second-order valence-electron chi connectivity index (χ2n) is 3.40. The maximum Gasteiger partial charge on any atom is 0.122 e. The lowest BCUT2D eigenvalue weighted by atomic mass is 10.2. The summed E-state index contributed by atoms with van der Waals surface area (Å²) in [7, 11) is 0. The van der Waals surface area contributed by atoms with E-state index in [0.717, 1.165) is 16.5 Å². The molecule has 0 radical (unpaired) electrons. The molecule has 1 rings (SSSR count). The minimum absolute atomic E-state index is 0.107. The number of halogens is 1. The standard InChI is InChI=1S/C11H15BrN2S/c1-3-7(2)15-10-5-4-8(11(13)14)6-9(10)12/h4-7H,3H2,1-2H3,(H3,13,14). The van der Waals surface area contributed by atoms with E-state index in [4.69, 9.17) is 11.1 Å². The fraction of sp³-hybridized carbons (Fsp3) is 0.364. The first kappa shape index (κ1) is 12.6. The Balaban J connectivity index is 2.88. The number of nitrogens with one attached hydrogen (secondary N) is 1. The van der Waals surface area contributed by atoms with Crippen molar-refractivity contribution in [2.75, 3.05) is 0 Å². The van der Waals surface area contributed by atoms with E-state index < -0.39 is 0 Å². The van der Waals surface area contributed by atoms with E-state index in [2.05, 4.69) is 29.8 Å². The summed E-state index contributed by atoms with van der Waals surface area (Å²) >= 11 is 5.33. The quantitative estimate of drug-likeness (QED) is 0.505. The molecule has 3 N–H and O–H groups in total. The van der Waals surface area contributed by atoms with Gasteiger partial charge in [-0.3, -0.25) is 5.41 Å². The summed E-state index contributed by atoms with van der Waals surface area (Å²) in [5.74, 6) is 0.107. The van der Waals surface area contributed by atoms with Crippen LogP contribution in [0.25, 0.3) is 0 Å². The highest BCUT2D eigenvalue weighted by molar-refractivity contribution is 9.10. The lowest BCUT2D eigenvalue weighted by molar-refractivity contribution is 0.905. The average Bonchev–Trinajstić information content (AvgIpc) is 2.20. The van der Waals surface area contributed by atoms with Crippen LogP contribution < -0.4 is 5.73 Å². The molecule has 0 aliphatic heterocycles. The van der Waals surface area contributed by atoms with Gasteiger partial charge in [0.2, 0.25) is 0 Å². The maximum absolute atomic E-state index is 7.33. The predicted octanol–water partition coefficient (Wildman–Crippen LogP) is 3.62. The lowest BCUT2D eigenvalue weighted by Crippen LogP contribution is -2.10. The summed E-state index contributed by atoms with van der Waals surface area (Å²) in [6.07, 6.45) is 1.14. The molecule has 0 bridgehead atoms. The van der Waals surface area contributed by atoms with Gasteiger partial charge in [0, 0.05) is 20.2 Å². The second-order valence-corrected chi connectivity index (χ2v) is 5.73. The van der Waals surface area contributed by atoms with Gasteiger partial charge in [-0.15, -0.1) is 11.8 Å². The Bertz CT molecular complexity index is 366. The van der Waals surface area contributed by atoms with Crippen molar-refractivity contribution in [2.24, 2.45) is 5.73 Å². The molecule has 82 valence electrons. The van der Waals surface area contributed by atoms with Gasteiger partial charge in [-0.1, -0.05) is 19.9 Å². The Hall–Kier alpha value is -0.480. The molecule has 1 atom stereocenters. The van der Waals surface area contributed by atoms with Gasteiger partial charge in [-0.05, 0) is 34.5 Å². The van der Waals surface area contributed by atoms with Crippen LogP contribution in [0.1, 0.15) is 25.8 Å². The second kappa shape index (κ2) is 5.56. The average molecular weight is 287 g/mol. The first-order valence-corrected chi connectivity index (χ1v) is 6.52. The molecule has 0 aromatic heterocycles. The van der Waals surface area contributed by atoms with Gasteiger partial charge in [-0.2, -0.15) is 0 Å². The van der Waals surface area contributed by atoms with E-state index in [1.807, 2.05) is 30.0 Å². The number of rotatable bonds is 4. The zero-order chi connectivity index (χ0) is 11.4. The molecule has 1 unspecified atom stereocenters. The molecule has 0 saturated carbocycles. The van der Waals surface area contributed by atoms with Crippen LogP contribution in [0.3, 0.4) is 0 Å². The molecule has 15 heavy (non-hydrogen) atoms. The molecule has 0 saturated heterocycles. The van der Waals surface area contributed by atoms with Crippen molar-refractivity contribution in [2.45, 2.75) is 30.4 Å². The van der Waals surface area contributed by atoms with Crippen LogP contribution in [-0.2, 0) is 0 Å². The Labute approximate surface area is 103 Å². The number of amidine groups is 1. The van der Waals surface area contributed by atoms with Crippen molar-refractivity contribution in [3.05, 3.63) is 28.2 Å². The molecule has 1 aromatic carbocycles. The molecule has 0 amide bonds. The highest BCUT2D eigenvalue weighted by Gasteiger charge is 2.07. The van der Waals surface area contributed by atoms with Crippen LogP contribution in [0.4, 0.5) is 0 Å². The van der Waals surface area contributed by atoms with Gasteiger partial charge >= 0.3 is 0 Å². The van der Waals surface area contributed by atoms with E-state index in [0.29, 0.717) is 5.25 Å². The Morgan fingerprint density at radius 1 is 1.60 bits per heavy atom. The van der Waals surface area contributed by atoms with Gasteiger partial charge in [0.15, 0.2) is 0 Å². The summed E-state index contributed by atoms with van der Waals surface area (Å²) in [6, 6.07) is 5.79. The predicted molar refractivity (Wildman–Crippen MR) is 70.8 cm³/mol. The summed E-state index contributed by atoms with van der Waals surface area (Å²) in [6.45, 7) is 4.38. The molecular formula is C11H15BrN2S. The zero-order valence-corrected chi connectivity index (χ0v) is 11.3. The molecule has 0 heterocycles. The number of nitrogen functional groups attached to an aromatic ring is 1. The summed E-state index contributed by atoms with van der Waals surface area (Å²) < 4.78 is 1.01. The largest absolute Gasteiger partial charge is 0.384 e. The van der Waals surface area contributed by atoms with Crippen molar-refractivity contribution < 1.29 is 0 Å². The fourth-order valence-corrected chi connectivity index (χ4v) is 2.64. The Kier molecular flexibility index (Phi) is 4.67. The first-order chi connectivity index (χ1) is 7.04. The van der Waals surface area contributed by atoms with Crippen LogP contribution in [0.15, 0.2) is 27.6 Å². The molecule has 0 spiro atoms. The van der Waals surface area contributed by atoms with Crippen molar-refractivity contribution in [1.29, 1.82) is 5.41 Å². The molecule has 2 nitrogen and oxygen atoms in total. The van der Waals surface area contributed by atoms with Crippen molar-refractivity contribution in [1.82, 2.24) is 0 Å². The van der Waals surface area contributed by atoms with Crippen LogP contribution in [0, 0.1) is 5.41 Å². The van der Waals surface area contributed by atoms with Crippen LogP contribution >= 0.6 is 27.7 Å². The fourth-order valence-electron chi connectivity index (χ4n) is 1.06. The lowest BCUT2D eigenvalue weighted by Gasteiger charge is -2.10. The number of nitrogens with two attached hydrogens (primary N) is 1. The van der Waals surface area contributed by atoms with Crippen molar-refractivity contribution in [3.63, 3.8) is 0 Å². The third-order valence-corrected chi connectivity index (χ3v) is 4.41. The normalized spacial score (nSPS) is 12.5. The molecule has 0 fully saturated rings. The van der Waals surface area contributed by atoms with Crippen LogP contribution in [-0.4, -0.2) is 11.1 Å². The third kappa shape index (κ3) is 3.54. The summed E-state index contributed by atoms with van der Waals surface area (Å²) in [4.78, 5) is 1.20. The van der Waals surface area contributed by atoms with Crippen LogP contribution in [0.5, 0.6) is 0 Å². The number of hydrogen-bond acceptors (Lipinski definition) is 2. The SMILES string of the molecule is CCC(C)Sc1ccc(C(=N)N)cc1Br. The van der Waals surface area contributed by atoms with E-state index in [-0.39, 0.29) is 5.84 Å². The van der Waals surface area contributed by atoms with E-state index >= 15 is 0 Å². The van der Waals surface area contributed by atoms with E-state index in [1.165, 1.54) is 4.90 Å². The molecule has 4 heteroatoms. The highest BCUT2D eigenvalue weighted by atomic mass is 79.9. The van der Waals surface area contributed by atoms with Gasteiger partial charge in [0.1, 0.15) is 5.84 Å². The Morgan fingerprint density at radius 2 is 2.27 bits per heavy atom. The van der Waals surface area contributed by atoms with E-state index in [9.17, 15) is 0 Å². The highest BCUT2D eigenvalue weighted by Crippen LogP contribution is 2.32. The van der Waals surface area contributed by atoms with Crippen LogP contribution in [0.2, 0.25) is 0 Å². The molecule has 0 aliphatic rings. The number of thioether (sulfide) groups is 1. The maximum atomic E-state index is 7.33. The minimum atomic E-state index is 0.107. The molecular weight excluding hydrogens is 272 g/mol. The monoisotopic (exact) mass is 286 g/mol. The van der Waals surface area contributed by atoms with Gasteiger partial charge in [0.25, 0.3) is 0 Å². The zero-order valence-electron chi connectivity index (χ0n) is 8.88. The van der Waals surface area contributed by atoms with Gasteiger partial charge < -0.3 is 5.73 Å². The molecule has 0 aliphatic carbocycles. The summed E-state index contributed by atoms with van der Waals surface area (Å²) in [5, 5.41) is 7.93. The summed E-state index contributed by atoms with van der Waals surface area (Å²) in [5.41, 5.74) is 6.18. The number of hydrogen-bond donors (Lipinski definition) is 2. The van der Waals surface area contributed by atoms with E-state index in [1.54, 1.807) is 0 Å². The smallest absolute Gasteiger partial charge is 0.122 e.